The van der Waals surface area contributed by atoms with Crippen molar-refractivity contribution in [3.05, 3.63) is 23.8 Å². The molecular weight excluding hydrogens is 244 g/mol. The first-order valence-corrected chi connectivity index (χ1v) is 6.38. The summed E-state index contributed by atoms with van der Waals surface area (Å²) in [6.07, 6.45) is 0.328. The zero-order valence-electron chi connectivity index (χ0n) is 11.7. The largest absolute Gasteiger partial charge is 0.493 e. The summed E-state index contributed by atoms with van der Waals surface area (Å²) < 4.78 is 10.7. The molecule has 5 heteroatoms. The molecule has 0 saturated carbocycles. The van der Waals surface area contributed by atoms with E-state index in [2.05, 4.69) is 5.32 Å². The van der Waals surface area contributed by atoms with Crippen LogP contribution in [0, 0.1) is 0 Å². The summed E-state index contributed by atoms with van der Waals surface area (Å²) in [6, 6.07) is 5.47. The summed E-state index contributed by atoms with van der Waals surface area (Å²) >= 11 is 0. The number of methoxy groups -OCH3 is 1. The van der Waals surface area contributed by atoms with Crippen molar-refractivity contribution in [2.24, 2.45) is 5.73 Å². The van der Waals surface area contributed by atoms with E-state index in [9.17, 15) is 4.79 Å². The van der Waals surface area contributed by atoms with Crippen LogP contribution >= 0.6 is 0 Å². The number of nitrogens with two attached hydrogens (primary N) is 1. The summed E-state index contributed by atoms with van der Waals surface area (Å²) in [7, 11) is 1.60. The molecule has 1 amide bonds. The van der Waals surface area contributed by atoms with E-state index >= 15 is 0 Å². The van der Waals surface area contributed by atoms with Gasteiger partial charge in [-0.2, -0.15) is 0 Å². The van der Waals surface area contributed by atoms with Gasteiger partial charge in [-0.15, -0.1) is 0 Å². The number of hydrogen-bond acceptors (Lipinski definition) is 4. The molecule has 1 atom stereocenters. The third-order valence-corrected chi connectivity index (χ3v) is 2.52. The van der Waals surface area contributed by atoms with E-state index in [1.165, 1.54) is 0 Å². The molecule has 0 spiro atoms. The molecule has 1 rings (SSSR count). The summed E-state index contributed by atoms with van der Waals surface area (Å²) in [5, 5.41) is 2.82. The van der Waals surface area contributed by atoms with E-state index in [-0.39, 0.29) is 11.9 Å². The first kappa shape index (κ1) is 15.3. The number of carbonyl (C=O) groups excluding carboxylic acids is 1. The fourth-order valence-corrected chi connectivity index (χ4v) is 1.66. The van der Waals surface area contributed by atoms with Gasteiger partial charge in [-0.25, -0.2) is 0 Å². The van der Waals surface area contributed by atoms with Gasteiger partial charge in [0.05, 0.1) is 13.7 Å². The zero-order valence-corrected chi connectivity index (χ0v) is 11.7. The van der Waals surface area contributed by atoms with E-state index in [1.54, 1.807) is 14.0 Å². The second kappa shape index (κ2) is 7.63. The van der Waals surface area contributed by atoms with Crippen molar-refractivity contribution in [2.45, 2.75) is 32.9 Å². The molecule has 0 aliphatic rings. The molecule has 1 aromatic carbocycles. The maximum atomic E-state index is 11.5. The Labute approximate surface area is 114 Å². The van der Waals surface area contributed by atoms with Crippen LogP contribution in [0.1, 0.15) is 25.8 Å². The van der Waals surface area contributed by atoms with Crippen LogP contribution in [-0.2, 0) is 11.3 Å². The van der Waals surface area contributed by atoms with E-state index in [0.717, 1.165) is 5.56 Å². The van der Waals surface area contributed by atoms with Crippen molar-refractivity contribution in [1.82, 2.24) is 5.32 Å². The highest BCUT2D eigenvalue weighted by molar-refractivity contribution is 5.76. The SMILES string of the molecule is CCOc1cc(CNC(=O)CC(C)N)ccc1OC. The molecule has 0 aliphatic heterocycles. The minimum absolute atomic E-state index is 0.0521. The highest BCUT2D eigenvalue weighted by Crippen LogP contribution is 2.27. The Morgan fingerprint density at radius 2 is 2.16 bits per heavy atom. The standard InChI is InChI=1S/C14H22N2O3/c1-4-19-13-8-11(5-6-12(13)18-3)9-16-14(17)7-10(2)15/h5-6,8,10H,4,7,9,15H2,1-3H3,(H,16,17). The number of benzene rings is 1. The molecule has 0 aliphatic carbocycles. The van der Waals surface area contributed by atoms with Crippen LogP contribution in [0.3, 0.4) is 0 Å². The van der Waals surface area contributed by atoms with Crippen LogP contribution < -0.4 is 20.5 Å². The molecule has 0 radical (unpaired) electrons. The van der Waals surface area contributed by atoms with Crippen molar-refractivity contribution in [3.8, 4) is 11.5 Å². The number of carbonyl (C=O) groups is 1. The average molecular weight is 266 g/mol. The topological polar surface area (TPSA) is 73.6 Å². The molecule has 0 aromatic heterocycles. The fraction of sp³-hybridized carbons (Fsp3) is 0.500. The van der Waals surface area contributed by atoms with Gasteiger partial charge in [0.15, 0.2) is 11.5 Å². The lowest BCUT2D eigenvalue weighted by Crippen LogP contribution is -2.29. The smallest absolute Gasteiger partial charge is 0.221 e. The number of ether oxygens (including phenoxy) is 2. The zero-order chi connectivity index (χ0) is 14.3. The van der Waals surface area contributed by atoms with Crippen molar-refractivity contribution in [2.75, 3.05) is 13.7 Å². The normalized spacial score (nSPS) is 11.8. The first-order chi connectivity index (χ1) is 9.06. The summed E-state index contributed by atoms with van der Waals surface area (Å²) in [5.74, 6) is 1.32. The second-order valence-electron chi connectivity index (χ2n) is 4.38. The van der Waals surface area contributed by atoms with Gasteiger partial charge in [0.1, 0.15) is 0 Å². The quantitative estimate of drug-likeness (QED) is 0.783. The van der Waals surface area contributed by atoms with Crippen LogP contribution in [0.4, 0.5) is 0 Å². The Balaban J connectivity index is 2.63. The molecule has 0 bridgehead atoms. The molecule has 0 fully saturated rings. The van der Waals surface area contributed by atoms with Gasteiger partial charge < -0.3 is 20.5 Å². The molecule has 1 aromatic rings. The molecule has 0 saturated heterocycles. The van der Waals surface area contributed by atoms with Crippen molar-refractivity contribution >= 4 is 5.91 Å². The van der Waals surface area contributed by atoms with Crippen molar-refractivity contribution in [3.63, 3.8) is 0 Å². The summed E-state index contributed by atoms with van der Waals surface area (Å²) in [4.78, 5) is 11.5. The Kier molecular flexibility index (Phi) is 6.15. The molecule has 1 unspecified atom stereocenters. The fourth-order valence-electron chi connectivity index (χ4n) is 1.66. The van der Waals surface area contributed by atoms with E-state index in [0.29, 0.717) is 31.1 Å². The van der Waals surface area contributed by atoms with Gasteiger partial charge >= 0.3 is 0 Å². The Hall–Kier alpha value is -1.75. The molecule has 106 valence electrons. The van der Waals surface area contributed by atoms with Gasteiger partial charge in [-0.05, 0) is 31.5 Å². The minimum atomic E-state index is -0.130. The minimum Gasteiger partial charge on any atom is -0.493 e. The van der Waals surface area contributed by atoms with Crippen LogP contribution in [0.15, 0.2) is 18.2 Å². The predicted molar refractivity (Wildman–Crippen MR) is 74.3 cm³/mol. The maximum Gasteiger partial charge on any atom is 0.221 e. The summed E-state index contributed by atoms with van der Waals surface area (Å²) in [6.45, 7) is 4.74. The Bertz CT molecular complexity index is 419. The Morgan fingerprint density at radius 1 is 1.42 bits per heavy atom. The number of amides is 1. The molecular formula is C14H22N2O3. The maximum absolute atomic E-state index is 11.5. The van der Waals surface area contributed by atoms with E-state index in [1.807, 2.05) is 25.1 Å². The third kappa shape index (κ3) is 5.18. The van der Waals surface area contributed by atoms with E-state index < -0.39 is 0 Å². The molecule has 5 nitrogen and oxygen atoms in total. The van der Waals surface area contributed by atoms with Gasteiger partial charge in [-0.3, -0.25) is 4.79 Å². The van der Waals surface area contributed by atoms with Gasteiger partial charge in [0, 0.05) is 19.0 Å². The molecule has 19 heavy (non-hydrogen) atoms. The van der Waals surface area contributed by atoms with Crippen molar-refractivity contribution in [1.29, 1.82) is 0 Å². The lowest BCUT2D eigenvalue weighted by atomic mass is 10.2. The lowest BCUT2D eigenvalue weighted by Gasteiger charge is -2.12. The number of rotatable bonds is 7. The van der Waals surface area contributed by atoms with Gasteiger partial charge in [0.25, 0.3) is 0 Å². The molecule has 3 N–H and O–H groups in total. The van der Waals surface area contributed by atoms with Crippen LogP contribution in [0.5, 0.6) is 11.5 Å². The van der Waals surface area contributed by atoms with Gasteiger partial charge in [-0.1, -0.05) is 6.07 Å². The first-order valence-electron chi connectivity index (χ1n) is 6.38. The number of hydrogen-bond donors (Lipinski definition) is 2. The van der Waals surface area contributed by atoms with Crippen molar-refractivity contribution < 1.29 is 14.3 Å². The second-order valence-corrected chi connectivity index (χ2v) is 4.38. The van der Waals surface area contributed by atoms with Crippen LogP contribution in [0.2, 0.25) is 0 Å². The van der Waals surface area contributed by atoms with Gasteiger partial charge in [0.2, 0.25) is 5.91 Å². The highest BCUT2D eigenvalue weighted by Gasteiger charge is 2.07. The van der Waals surface area contributed by atoms with Crippen LogP contribution in [-0.4, -0.2) is 25.7 Å². The van der Waals surface area contributed by atoms with Crippen LogP contribution in [0.25, 0.3) is 0 Å². The number of nitrogens with one attached hydrogen (secondary N) is 1. The monoisotopic (exact) mass is 266 g/mol. The molecule has 0 heterocycles. The summed E-state index contributed by atoms with van der Waals surface area (Å²) in [5.41, 5.74) is 6.53. The lowest BCUT2D eigenvalue weighted by molar-refractivity contribution is -0.121. The highest BCUT2D eigenvalue weighted by atomic mass is 16.5. The third-order valence-electron chi connectivity index (χ3n) is 2.52. The average Bonchev–Trinajstić information content (AvgIpc) is 2.36. The Morgan fingerprint density at radius 3 is 2.74 bits per heavy atom. The van der Waals surface area contributed by atoms with E-state index in [4.69, 9.17) is 15.2 Å². The predicted octanol–water partition coefficient (Wildman–Crippen LogP) is 1.45.